The quantitative estimate of drug-likeness (QED) is 0.801. The third kappa shape index (κ3) is 3.23. The number of rotatable bonds is 5. The highest BCUT2D eigenvalue weighted by atomic mass is 32.2. The van der Waals surface area contributed by atoms with Gasteiger partial charge in [0.15, 0.2) is 0 Å². The van der Waals surface area contributed by atoms with Gasteiger partial charge in [-0.2, -0.15) is 0 Å². The van der Waals surface area contributed by atoms with E-state index in [9.17, 15) is 8.42 Å². The molecule has 1 aliphatic carbocycles. The van der Waals surface area contributed by atoms with Crippen LogP contribution in [0.25, 0.3) is 0 Å². The van der Waals surface area contributed by atoms with Gasteiger partial charge in [-0.05, 0) is 55.4 Å². The van der Waals surface area contributed by atoms with Crippen LogP contribution < -0.4 is 10.5 Å². The van der Waals surface area contributed by atoms with E-state index in [1.54, 1.807) is 12.1 Å². The van der Waals surface area contributed by atoms with Crippen LogP contribution >= 0.6 is 0 Å². The summed E-state index contributed by atoms with van der Waals surface area (Å²) in [4.78, 5) is 0.253. The number of nitrogens with one attached hydrogen (secondary N) is 1. The molecular formula is C13H20N2O2S. The molecule has 4 nitrogen and oxygen atoms in total. The summed E-state index contributed by atoms with van der Waals surface area (Å²) in [5.41, 5.74) is 7.01. The molecule has 0 spiro atoms. The van der Waals surface area contributed by atoms with E-state index < -0.39 is 10.0 Å². The van der Waals surface area contributed by atoms with Crippen molar-refractivity contribution in [3.8, 4) is 0 Å². The van der Waals surface area contributed by atoms with Crippen molar-refractivity contribution < 1.29 is 8.42 Å². The molecule has 3 N–H and O–H groups in total. The average molecular weight is 268 g/mol. The van der Waals surface area contributed by atoms with E-state index >= 15 is 0 Å². The zero-order valence-corrected chi connectivity index (χ0v) is 11.6. The summed E-state index contributed by atoms with van der Waals surface area (Å²) < 4.78 is 26.9. The lowest BCUT2D eigenvalue weighted by Gasteiger charge is -2.12. The summed E-state index contributed by atoms with van der Waals surface area (Å²) in [5.74, 6) is 1.09. The molecule has 18 heavy (non-hydrogen) atoms. The van der Waals surface area contributed by atoms with E-state index in [1.165, 1.54) is 18.9 Å². The van der Waals surface area contributed by atoms with Crippen molar-refractivity contribution in [1.82, 2.24) is 4.72 Å². The van der Waals surface area contributed by atoms with E-state index in [-0.39, 0.29) is 4.90 Å². The van der Waals surface area contributed by atoms with Gasteiger partial charge in [-0.3, -0.25) is 0 Å². The summed E-state index contributed by atoms with van der Waals surface area (Å²) in [6.07, 6.45) is 2.45. The minimum atomic E-state index is -3.44. The Morgan fingerprint density at radius 2 is 2.06 bits per heavy atom. The maximum atomic E-state index is 12.1. The molecule has 1 saturated carbocycles. The van der Waals surface area contributed by atoms with Gasteiger partial charge in [-0.25, -0.2) is 13.1 Å². The van der Waals surface area contributed by atoms with E-state index in [1.807, 2.05) is 6.92 Å². The lowest BCUT2D eigenvalue weighted by atomic mass is 10.1. The molecule has 1 unspecified atom stereocenters. The van der Waals surface area contributed by atoms with Gasteiger partial charge in [-0.15, -0.1) is 0 Å². The maximum Gasteiger partial charge on any atom is 0.240 e. The predicted molar refractivity (Wildman–Crippen MR) is 72.7 cm³/mol. The summed E-state index contributed by atoms with van der Waals surface area (Å²) >= 11 is 0. The Bertz CT molecular complexity index is 516. The largest absolute Gasteiger partial charge is 0.399 e. The molecule has 0 radical (unpaired) electrons. The second-order valence-corrected chi connectivity index (χ2v) is 7.01. The van der Waals surface area contributed by atoms with Crippen molar-refractivity contribution in [2.24, 2.45) is 11.8 Å². The Kier molecular flexibility index (Phi) is 3.64. The molecule has 0 bridgehead atoms. The average Bonchev–Trinajstić information content (AvgIpc) is 3.08. The van der Waals surface area contributed by atoms with Crippen LogP contribution in [0.1, 0.15) is 25.3 Å². The van der Waals surface area contributed by atoms with Gasteiger partial charge in [0.1, 0.15) is 0 Å². The van der Waals surface area contributed by atoms with Crippen LogP contribution in [-0.2, 0) is 10.0 Å². The van der Waals surface area contributed by atoms with Crippen molar-refractivity contribution in [3.63, 3.8) is 0 Å². The zero-order valence-electron chi connectivity index (χ0n) is 10.8. The monoisotopic (exact) mass is 268 g/mol. The minimum Gasteiger partial charge on any atom is -0.399 e. The number of anilines is 1. The minimum absolute atomic E-state index is 0.253. The molecule has 0 amide bonds. The Hall–Kier alpha value is -1.07. The number of aryl methyl sites for hydroxylation is 1. The molecule has 0 aliphatic heterocycles. The zero-order chi connectivity index (χ0) is 13.3. The van der Waals surface area contributed by atoms with Crippen LogP contribution in [0.5, 0.6) is 0 Å². The molecule has 0 saturated heterocycles. The number of sulfonamides is 1. The third-order valence-corrected chi connectivity index (χ3v) is 4.81. The summed E-state index contributed by atoms with van der Waals surface area (Å²) in [6, 6.07) is 4.89. The van der Waals surface area contributed by atoms with Crippen LogP contribution in [0.2, 0.25) is 0 Å². The number of hydrogen-bond donors (Lipinski definition) is 2. The van der Waals surface area contributed by atoms with Crippen molar-refractivity contribution >= 4 is 15.7 Å². The first kappa shape index (κ1) is 13.4. The van der Waals surface area contributed by atoms with Crippen LogP contribution in [-0.4, -0.2) is 15.0 Å². The fraction of sp³-hybridized carbons (Fsp3) is 0.538. The van der Waals surface area contributed by atoms with E-state index in [0.29, 0.717) is 24.1 Å². The second kappa shape index (κ2) is 4.90. The molecule has 1 aliphatic rings. The Labute approximate surface area is 109 Å². The van der Waals surface area contributed by atoms with Crippen molar-refractivity contribution in [2.45, 2.75) is 31.6 Å². The number of nitrogen functional groups attached to an aromatic ring is 1. The van der Waals surface area contributed by atoms with E-state index in [4.69, 9.17) is 5.73 Å². The molecule has 1 atom stereocenters. The molecule has 100 valence electrons. The maximum absolute atomic E-state index is 12.1. The van der Waals surface area contributed by atoms with Gasteiger partial charge in [0.2, 0.25) is 10.0 Å². The van der Waals surface area contributed by atoms with Crippen LogP contribution in [0, 0.1) is 18.8 Å². The fourth-order valence-electron chi connectivity index (χ4n) is 2.09. The van der Waals surface area contributed by atoms with E-state index in [2.05, 4.69) is 11.6 Å². The molecule has 1 aromatic rings. The molecule has 1 aromatic carbocycles. The summed E-state index contributed by atoms with van der Waals surface area (Å²) in [7, 11) is -3.44. The Balaban J connectivity index is 2.09. The molecule has 0 aromatic heterocycles. The first-order chi connectivity index (χ1) is 8.38. The number of nitrogens with two attached hydrogens (primary N) is 1. The van der Waals surface area contributed by atoms with Gasteiger partial charge < -0.3 is 5.73 Å². The number of benzene rings is 1. The Morgan fingerprint density at radius 3 is 2.61 bits per heavy atom. The predicted octanol–water partition coefficient (Wildman–Crippen LogP) is 1.90. The van der Waals surface area contributed by atoms with Crippen LogP contribution in [0.4, 0.5) is 5.69 Å². The van der Waals surface area contributed by atoms with Gasteiger partial charge in [0.05, 0.1) is 4.90 Å². The number of hydrogen-bond acceptors (Lipinski definition) is 3. The van der Waals surface area contributed by atoms with Crippen molar-refractivity contribution in [3.05, 3.63) is 23.8 Å². The first-order valence-electron chi connectivity index (χ1n) is 6.25. The smallest absolute Gasteiger partial charge is 0.240 e. The van der Waals surface area contributed by atoms with Gasteiger partial charge in [0, 0.05) is 12.2 Å². The first-order valence-corrected chi connectivity index (χ1v) is 7.73. The third-order valence-electron chi connectivity index (χ3n) is 3.41. The second-order valence-electron chi connectivity index (χ2n) is 5.25. The summed E-state index contributed by atoms with van der Waals surface area (Å²) in [5, 5.41) is 0. The van der Waals surface area contributed by atoms with Crippen LogP contribution in [0.3, 0.4) is 0 Å². The van der Waals surface area contributed by atoms with Crippen molar-refractivity contribution in [1.29, 1.82) is 0 Å². The lowest BCUT2D eigenvalue weighted by molar-refractivity contribution is 0.492. The summed E-state index contributed by atoms with van der Waals surface area (Å²) in [6.45, 7) is 4.42. The van der Waals surface area contributed by atoms with Gasteiger partial charge in [-0.1, -0.05) is 6.92 Å². The topological polar surface area (TPSA) is 72.2 Å². The standard InChI is InChI=1S/C13H20N2O2S/c1-9-5-12(14)7-13(6-9)18(16,17)15-8-10(2)11-3-4-11/h5-7,10-11,15H,3-4,8,14H2,1-2H3. The van der Waals surface area contributed by atoms with Gasteiger partial charge in [0.25, 0.3) is 0 Å². The highest BCUT2D eigenvalue weighted by Crippen LogP contribution is 2.36. The molecule has 1 fully saturated rings. The lowest BCUT2D eigenvalue weighted by Crippen LogP contribution is -2.29. The van der Waals surface area contributed by atoms with E-state index in [0.717, 1.165) is 5.56 Å². The highest BCUT2D eigenvalue weighted by Gasteiger charge is 2.28. The van der Waals surface area contributed by atoms with Crippen molar-refractivity contribution in [2.75, 3.05) is 12.3 Å². The molecule has 2 rings (SSSR count). The molecule has 0 heterocycles. The SMILES string of the molecule is Cc1cc(N)cc(S(=O)(=O)NCC(C)C2CC2)c1. The normalized spacial score (nSPS) is 17.7. The molecule has 5 heteroatoms. The van der Waals surface area contributed by atoms with Gasteiger partial charge >= 0.3 is 0 Å². The highest BCUT2D eigenvalue weighted by molar-refractivity contribution is 7.89. The molecular weight excluding hydrogens is 248 g/mol. The van der Waals surface area contributed by atoms with Crippen LogP contribution in [0.15, 0.2) is 23.1 Å². The fourth-order valence-corrected chi connectivity index (χ4v) is 3.37. The Morgan fingerprint density at radius 1 is 1.39 bits per heavy atom.